The number of hydrogen-bond acceptors (Lipinski definition) is 3. The minimum Gasteiger partial charge on any atom is -0.452 e. The van der Waals surface area contributed by atoms with Crippen molar-refractivity contribution in [3.05, 3.63) is 52.9 Å². The van der Waals surface area contributed by atoms with Crippen molar-refractivity contribution < 1.29 is 36.3 Å². The highest BCUT2D eigenvalue weighted by molar-refractivity contribution is 5.96. The molecule has 1 aromatic heterocycles. The first-order chi connectivity index (χ1) is 12.5. The number of benzene rings is 1. The van der Waals surface area contributed by atoms with Gasteiger partial charge >= 0.3 is 12.1 Å². The van der Waals surface area contributed by atoms with E-state index >= 15 is 0 Å². The van der Waals surface area contributed by atoms with Crippen LogP contribution in [-0.4, -0.2) is 29.2 Å². The Kier molecular flexibility index (Phi) is 5.87. The van der Waals surface area contributed by atoms with E-state index in [0.717, 1.165) is 22.8 Å². The SMILES string of the molecule is Cc1cc(C(=O)OCC(=O)Nc2cc(F)ccc2F)c(C)n1CC(F)(F)F. The zero-order valence-electron chi connectivity index (χ0n) is 14.3. The van der Waals surface area contributed by atoms with Gasteiger partial charge in [-0.2, -0.15) is 13.2 Å². The molecule has 0 saturated carbocycles. The number of rotatable bonds is 5. The number of carbonyl (C=O) groups is 2. The van der Waals surface area contributed by atoms with Crippen molar-refractivity contribution in [3.8, 4) is 0 Å². The summed E-state index contributed by atoms with van der Waals surface area (Å²) in [6, 6.07) is 3.64. The highest BCUT2D eigenvalue weighted by Crippen LogP contribution is 2.23. The molecule has 0 saturated heterocycles. The van der Waals surface area contributed by atoms with E-state index in [1.807, 2.05) is 5.32 Å². The number of alkyl halides is 3. The summed E-state index contributed by atoms with van der Waals surface area (Å²) in [5, 5.41) is 2.04. The predicted octanol–water partition coefficient (Wildman–Crippen LogP) is 3.74. The minimum atomic E-state index is -4.47. The molecule has 0 fully saturated rings. The topological polar surface area (TPSA) is 60.3 Å². The second kappa shape index (κ2) is 7.77. The average Bonchev–Trinajstić information content (AvgIpc) is 2.83. The highest BCUT2D eigenvalue weighted by atomic mass is 19.4. The van der Waals surface area contributed by atoms with Crippen LogP contribution in [0, 0.1) is 25.5 Å². The first-order valence-corrected chi connectivity index (χ1v) is 7.63. The molecule has 27 heavy (non-hydrogen) atoms. The Morgan fingerprint density at radius 1 is 1.15 bits per heavy atom. The van der Waals surface area contributed by atoms with Gasteiger partial charge in [-0.15, -0.1) is 0 Å². The zero-order valence-corrected chi connectivity index (χ0v) is 14.3. The first kappa shape index (κ1) is 20.4. The zero-order chi connectivity index (χ0) is 20.4. The van der Waals surface area contributed by atoms with Gasteiger partial charge in [0.25, 0.3) is 5.91 Å². The van der Waals surface area contributed by atoms with E-state index in [4.69, 9.17) is 4.74 Å². The van der Waals surface area contributed by atoms with Crippen molar-refractivity contribution in [3.63, 3.8) is 0 Å². The Bertz CT molecular complexity index is 874. The van der Waals surface area contributed by atoms with Gasteiger partial charge in [0, 0.05) is 17.5 Å². The number of nitrogens with zero attached hydrogens (tertiary/aromatic N) is 1. The molecule has 2 aromatic rings. The van der Waals surface area contributed by atoms with Gasteiger partial charge in [-0.1, -0.05) is 0 Å². The third-order valence-electron chi connectivity index (χ3n) is 3.67. The molecule has 146 valence electrons. The van der Waals surface area contributed by atoms with Crippen LogP contribution in [0.2, 0.25) is 0 Å². The summed E-state index contributed by atoms with van der Waals surface area (Å²) in [6.45, 7) is 0.626. The van der Waals surface area contributed by atoms with Crippen LogP contribution >= 0.6 is 0 Å². The van der Waals surface area contributed by atoms with Gasteiger partial charge < -0.3 is 14.6 Å². The summed E-state index contributed by atoms with van der Waals surface area (Å²) in [4.78, 5) is 23.8. The van der Waals surface area contributed by atoms with Crippen LogP contribution in [0.25, 0.3) is 0 Å². The Balaban J connectivity index is 2.02. The quantitative estimate of drug-likeness (QED) is 0.625. The van der Waals surface area contributed by atoms with Crippen molar-refractivity contribution in [1.82, 2.24) is 4.57 Å². The van der Waals surface area contributed by atoms with Gasteiger partial charge in [0.1, 0.15) is 18.2 Å². The molecule has 1 aromatic carbocycles. The van der Waals surface area contributed by atoms with E-state index in [1.165, 1.54) is 19.9 Å². The Labute approximate surface area is 150 Å². The third-order valence-corrected chi connectivity index (χ3v) is 3.67. The van der Waals surface area contributed by atoms with Gasteiger partial charge in [-0.05, 0) is 32.0 Å². The van der Waals surface area contributed by atoms with Crippen molar-refractivity contribution in [2.24, 2.45) is 0 Å². The van der Waals surface area contributed by atoms with Gasteiger partial charge in [0.15, 0.2) is 6.61 Å². The summed E-state index contributed by atoms with van der Waals surface area (Å²) < 4.78 is 69.9. The molecule has 0 spiro atoms. The molecule has 0 aliphatic heterocycles. The van der Waals surface area contributed by atoms with Crippen LogP contribution in [-0.2, 0) is 16.1 Å². The second-order valence-corrected chi connectivity index (χ2v) is 5.73. The van der Waals surface area contributed by atoms with Crippen molar-refractivity contribution in [2.75, 3.05) is 11.9 Å². The predicted molar refractivity (Wildman–Crippen MR) is 85.2 cm³/mol. The summed E-state index contributed by atoms with van der Waals surface area (Å²) in [6.07, 6.45) is -4.47. The van der Waals surface area contributed by atoms with Crippen LogP contribution < -0.4 is 5.32 Å². The lowest BCUT2D eigenvalue weighted by atomic mass is 10.2. The molecule has 0 unspecified atom stereocenters. The van der Waals surface area contributed by atoms with Crippen LogP contribution in [0.15, 0.2) is 24.3 Å². The normalized spacial score (nSPS) is 11.4. The van der Waals surface area contributed by atoms with E-state index in [0.29, 0.717) is 0 Å². The lowest BCUT2D eigenvalue weighted by Gasteiger charge is -2.12. The molecule has 5 nitrogen and oxygen atoms in total. The summed E-state index contributed by atoms with van der Waals surface area (Å²) in [5.74, 6) is -3.60. The number of ether oxygens (including phenoxy) is 1. The monoisotopic (exact) mass is 390 g/mol. The first-order valence-electron chi connectivity index (χ1n) is 7.63. The van der Waals surface area contributed by atoms with Gasteiger partial charge in [-0.25, -0.2) is 13.6 Å². The Morgan fingerprint density at radius 3 is 2.44 bits per heavy atom. The molecule has 0 atom stereocenters. The van der Waals surface area contributed by atoms with E-state index in [-0.39, 0.29) is 17.0 Å². The van der Waals surface area contributed by atoms with Crippen LogP contribution in [0.5, 0.6) is 0 Å². The fourth-order valence-electron chi connectivity index (χ4n) is 2.42. The number of esters is 1. The molecule has 0 aliphatic rings. The summed E-state index contributed by atoms with van der Waals surface area (Å²) in [7, 11) is 0. The van der Waals surface area contributed by atoms with Crippen LogP contribution in [0.3, 0.4) is 0 Å². The number of aromatic nitrogens is 1. The number of amides is 1. The number of hydrogen-bond donors (Lipinski definition) is 1. The van der Waals surface area contributed by atoms with E-state index in [2.05, 4.69) is 0 Å². The second-order valence-electron chi connectivity index (χ2n) is 5.73. The fraction of sp³-hybridized carbons (Fsp3) is 0.294. The summed E-state index contributed by atoms with van der Waals surface area (Å²) in [5.41, 5.74) is -0.324. The average molecular weight is 390 g/mol. The smallest absolute Gasteiger partial charge is 0.406 e. The standard InChI is InChI=1S/C17H15F5N2O3/c1-9-5-12(10(2)24(9)8-17(20,21)22)16(26)27-7-15(25)23-14-6-11(18)3-4-13(14)19/h3-6H,7-8H2,1-2H3,(H,23,25). The number of aryl methyl sites for hydroxylation is 1. The molecule has 1 N–H and O–H groups in total. The molecule has 1 amide bonds. The van der Waals surface area contributed by atoms with Crippen LogP contribution in [0.4, 0.5) is 27.6 Å². The van der Waals surface area contributed by atoms with Crippen molar-refractivity contribution in [2.45, 2.75) is 26.6 Å². The maximum absolute atomic E-state index is 13.4. The van der Waals surface area contributed by atoms with E-state index < -0.39 is 48.5 Å². The lowest BCUT2D eigenvalue weighted by molar-refractivity contribution is -0.141. The molecule has 2 rings (SSSR count). The van der Waals surface area contributed by atoms with E-state index in [9.17, 15) is 31.5 Å². The highest BCUT2D eigenvalue weighted by Gasteiger charge is 2.30. The fourth-order valence-corrected chi connectivity index (χ4v) is 2.42. The molecule has 0 radical (unpaired) electrons. The van der Waals surface area contributed by atoms with Gasteiger partial charge in [-0.3, -0.25) is 4.79 Å². The van der Waals surface area contributed by atoms with Crippen molar-refractivity contribution >= 4 is 17.6 Å². The molecular formula is C17H15F5N2O3. The summed E-state index contributed by atoms with van der Waals surface area (Å²) >= 11 is 0. The minimum absolute atomic E-state index is 0.0337. The molecular weight excluding hydrogens is 375 g/mol. The largest absolute Gasteiger partial charge is 0.452 e. The number of nitrogens with one attached hydrogen (secondary N) is 1. The molecule has 10 heteroatoms. The lowest BCUT2D eigenvalue weighted by Crippen LogP contribution is -2.22. The van der Waals surface area contributed by atoms with Gasteiger partial charge in [0.2, 0.25) is 0 Å². The van der Waals surface area contributed by atoms with Gasteiger partial charge in [0.05, 0.1) is 11.3 Å². The van der Waals surface area contributed by atoms with E-state index in [1.54, 1.807) is 0 Å². The number of halogens is 5. The molecule has 0 aliphatic carbocycles. The molecule has 1 heterocycles. The van der Waals surface area contributed by atoms with Crippen LogP contribution in [0.1, 0.15) is 21.7 Å². The number of anilines is 1. The molecule has 0 bridgehead atoms. The maximum Gasteiger partial charge on any atom is 0.406 e. The Hall–Kier alpha value is -2.91. The Morgan fingerprint density at radius 2 is 1.81 bits per heavy atom. The third kappa shape index (κ3) is 5.28. The van der Waals surface area contributed by atoms with Crippen molar-refractivity contribution in [1.29, 1.82) is 0 Å². The maximum atomic E-state index is 13.4. The number of carbonyl (C=O) groups excluding carboxylic acids is 2.